The topological polar surface area (TPSA) is 50.3 Å². The van der Waals surface area contributed by atoms with Crippen LogP contribution in [0.5, 0.6) is 5.88 Å². The molecular formula is C13H24N4O. The van der Waals surface area contributed by atoms with Crippen LogP contribution in [0.25, 0.3) is 0 Å². The largest absolute Gasteiger partial charge is 0.478 e. The molecule has 0 fully saturated rings. The lowest BCUT2D eigenvalue weighted by Crippen LogP contribution is -2.30. The smallest absolute Gasteiger partial charge is 0.221 e. The molecule has 0 saturated carbocycles. The van der Waals surface area contributed by atoms with Crippen LogP contribution in [-0.2, 0) is 0 Å². The zero-order valence-electron chi connectivity index (χ0n) is 11.9. The van der Waals surface area contributed by atoms with Gasteiger partial charge in [0.15, 0.2) is 0 Å². The summed E-state index contributed by atoms with van der Waals surface area (Å²) in [4.78, 5) is 10.6. The van der Waals surface area contributed by atoms with E-state index in [9.17, 15) is 0 Å². The molecule has 1 aromatic rings. The summed E-state index contributed by atoms with van der Waals surface area (Å²) in [5.74, 6) is 1.61. The molecule has 5 nitrogen and oxygen atoms in total. The molecule has 18 heavy (non-hydrogen) atoms. The second kappa shape index (κ2) is 7.87. The van der Waals surface area contributed by atoms with Crippen molar-refractivity contribution in [2.24, 2.45) is 0 Å². The quantitative estimate of drug-likeness (QED) is 0.712. The van der Waals surface area contributed by atoms with E-state index >= 15 is 0 Å². The van der Waals surface area contributed by atoms with E-state index in [0.29, 0.717) is 12.5 Å². The molecule has 0 aliphatic carbocycles. The summed E-state index contributed by atoms with van der Waals surface area (Å²) in [6.45, 7) is 9.68. The van der Waals surface area contributed by atoms with Crippen molar-refractivity contribution >= 4 is 5.82 Å². The van der Waals surface area contributed by atoms with E-state index in [1.54, 1.807) is 6.33 Å². The standard InChI is InChI=1S/C13H24N4O/c1-5-7-14-8-9-17(4)12-11(3)13(18-6-2)16-10-15-12/h10,14H,5-9H2,1-4H3. The maximum Gasteiger partial charge on any atom is 0.221 e. The summed E-state index contributed by atoms with van der Waals surface area (Å²) in [7, 11) is 2.04. The van der Waals surface area contributed by atoms with Crippen molar-refractivity contribution < 1.29 is 4.74 Å². The van der Waals surface area contributed by atoms with Crippen molar-refractivity contribution in [2.75, 3.05) is 38.2 Å². The van der Waals surface area contributed by atoms with Crippen molar-refractivity contribution in [1.29, 1.82) is 0 Å². The van der Waals surface area contributed by atoms with Crippen LogP contribution in [0.4, 0.5) is 5.82 Å². The fourth-order valence-corrected chi connectivity index (χ4v) is 1.75. The zero-order chi connectivity index (χ0) is 13.4. The number of nitrogens with one attached hydrogen (secondary N) is 1. The van der Waals surface area contributed by atoms with Gasteiger partial charge in [-0.3, -0.25) is 0 Å². The first kappa shape index (κ1) is 14.7. The highest BCUT2D eigenvalue weighted by Crippen LogP contribution is 2.22. The molecule has 0 aromatic carbocycles. The van der Waals surface area contributed by atoms with E-state index in [4.69, 9.17) is 4.74 Å². The van der Waals surface area contributed by atoms with Crippen LogP contribution in [0.2, 0.25) is 0 Å². The summed E-state index contributed by atoms with van der Waals surface area (Å²) >= 11 is 0. The Kier molecular flexibility index (Phi) is 6.43. The Morgan fingerprint density at radius 3 is 2.72 bits per heavy atom. The summed E-state index contributed by atoms with van der Waals surface area (Å²) < 4.78 is 5.48. The van der Waals surface area contributed by atoms with Gasteiger partial charge in [0.1, 0.15) is 12.1 Å². The SMILES string of the molecule is CCCNCCN(C)c1ncnc(OCC)c1C. The minimum absolute atomic E-state index is 0.624. The van der Waals surface area contributed by atoms with Crippen molar-refractivity contribution in [1.82, 2.24) is 15.3 Å². The van der Waals surface area contributed by atoms with Gasteiger partial charge in [-0.2, -0.15) is 0 Å². The molecule has 0 aliphatic rings. The average molecular weight is 252 g/mol. The highest BCUT2D eigenvalue weighted by molar-refractivity contribution is 5.49. The normalized spacial score (nSPS) is 10.4. The van der Waals surface area contributed by atoms with E-state index in [1.165, 1.54) is 0 Å². The molecule has 0 aliphatic heterocycles. The van der Waals surface area contributed by atoms with Crippen molar-refractivity contribution in [3.63, 3.8) is 0 Å². The average Bonchev–Trinajstić information content (AvgIpc) is 2.37. The number of anilines is 1. The van der Waals surface area contributed by atoms with Gasteiger partial charge in [-0.1, -0.05) is 6.92 Å². The number of ether oxygens (including phenoxy) is 1. The van der Waals surface area contributed by atoms with Gasteiger partial charge in [0, 0.05) is 20.1 Å². The Labute approximate surface area is 110 Å². The predicted octanol–water partition coefficient (Wildman–Crippen LogP) is 1.62. The van der Waals surface area contributed by atoms with Crippen molar-refractivity contribution in [3.05, 3.63) is 11.9 Å². The molecule has 0 spiro atoms. The molecule has 1 aromatic heterocycles. The Hall–Kier alpha value is -1.36. The molecule has 0 unspecified atom stereocenters. The molecule has 0 radical (unpaired) electrons. The predicted molar refractivity (Wildman–Crippen MR) is 74.4 cm³/mol. The molecular weight excluding hydrogens is 228 g/mol. The zero-order valence-corrected chi connectivity index (χ0v) is 11.9. The van der Waals surface area contributed by atoms with Crippen LogP contribution >= 0.6 is 0 Å². The molecule has 102 valence electrons. The van der Waals surface area contributed by atoms with E-state index in [0.717, 1.165) is 37.4 Å². The highest BCUT2D eigenvalue weighted by atomic mass is 16.5. The van der Waals surface area contributed by atoms with Crippen LogP contribution < -0.4 is 15.0 Å². The second-order valence-electron chi connectivity index (χ2n) is 4.23. The van der Waals surface area contributed by atoms with Crippen LogP contribution in [0.15, 0.2) is 6.33 Å². The lowest BCUT2D eigenvalue weighted by Gasteiger charge is -2.21. The summed E-state index contributed by atoms with van der Waals surface area (Å²) in [6, 6.07) is 0. The van der Waals surface area contributed by atoms with Gasteiger partial charge in [0.2, 0.25) is 5.88 Å². The lowest BCUT2D eigenvalue weighted by molar-refractivity contribution is 0.323. The maximum absolute atomic E-state index is 5.48. The van der Waals surface area contributed by atoms with Crippen molar-refractivity contribution in [2.45, 2.75) is 27.2 Å². The Balaban J connectivity index is 2.61. The van der Waals surface area contributed by atoms with Gasteiger partial charge in [-0.05, 0) is 26.8 Å². The molecule has 1 rings (SSSR count). The Morgan fingerprint density at radius 1 is 1.28 bits per heavy atom. The van der Waals surface area contributed by atoms with Gasteiger partial charge >= 0.3 is 0 Å². The fraction of sp³-hybridized carbons (Fsp3) is 0.692. The maximum atomic E-state index is 5.48. The highest BCUT2D eigenvalue weighted by Gasteiger charge is 2.11. The number of nitrogens with zero attached hydrogens (tertiary/aromatic N) is 3. The third kappa shape index (κ3) is 4.14. The first-order valence-electron chi connectivity index (χ1n) is 6.56. The van der Waals surface area contributed by atoms with E-state index < -0.39 is 0 Å². The van der Waals surface area contributed by atoms with Gasteiger partial charge in [0.05, 0.1) is 12.2 Å². The first-order valence-corrected chi connectivity index (χ1v) is 6.56. The van der Waals surface area contributed by atoms with Crippen molar-refractivity contribution in [3.8, 4) is 5.88 Å². The number of aromatic nitrogens is 2. The molecule has 0 amide bonds. The molecule has 0 saturated heterocycles. The number of hydrogen-bond donors (Lipinski definition) is 1. The van der Waals surface area contributed by atoms with E-state index in [1.807, 2.05) is 20.9 Å². The summed E-state index contributed by atoms with van der Waals surface area (Å²) in [5, 5.41) is 3.38. The van der Waals surface area contributed by atoms with Gasteiger partial charge in [0.25, 0.3) is 0 Å². The minimum Gasteiger partial charge on any atom is -0.478 e. The first-order chi connectivity index (χ1) is 8.70. The molecule has 0 bridgehead atoms. The summed E-state index contributed by atoms with van der Waals surface area (Å²) in [6.07, 6.45) is 2.72. The van der Waals surface area contributed by atoms with Crippen LogP contribution in [0.1, 0.15) is 25.8 Å². The monoisotopic (exact) mass is 252 g/mol. The van der Waals surface area contributed by atoms with Crippen LogP contribution in [-0.4, -0.2) is 43.3 Å². The van der Waals surface area contributed by atoms with Gasteiger partial charge in [-0.25, -0.2) is 9.97 Å². The van der Waals surface area contributed by atoms with Crippen LogP contribution in [0, 0.1) is 6.92 Å². The van der Waals surface area contributed by atoms with E-state index in [2.05, 4.69) is 27.1 Å². The van der Waals surface area contributed by atoms with Crippen LogP contribution in [0.3, 0.4) is 0 Å². The molecule has 5 heteroatoms. The Morgan fingerprint density at radius 2 is 2.06 bits per heavy atom. The minimum atomic E-state index is 0.624. The third-order valence-electron chi connectivity index (χ3n) is 2.70. The molecule has 0 atom stereocenters. The van der Waals surface area contributed by atoms with E-state index in [-0.39, 0.29) is 0 Å². The van der Waals surface area contributed by atoms with Gasteiger partial charge < -0.3 is 15.0 Å². The number of likely N-dealkylation sites (N-methyl/N-ethyl adjacent to an activating group) is 1. The fourth-order valence-electron chi connectivity index (χ4n) is 1.75. The Bertz CT molecular complexity index is 357. The number of rotatable bonds is 8. The molecule has 1 N–H and O–H groups in total. The number of hydrogen-bond acceptors (Lipinski definition) is 5. The van der Waals surface area contributed by atoms with Gasteiger partial charge in [-0.15, -0.1) is 0 Å². The lowest BCUT2D eigenvalue weighted by atomic mass is 10.3. The third-order valence-corrected chi connectivity index (χ3v) is 2.70. The molecule has 1 heterocycles. The summed E-state index contributed by atoms with van der Waals surface area (Å²) in [5.41, 5.74) is 0.998. The second-order valence-corrected chi connectivity index (χ2v) is 4.23.